The fourth-order valence-electron chi connectivity index (χ4n) is 3.02. The fraction of sp³-hybridized carbons (Fsp3) is 0.0476. The lowest BCUT2D eigenvalue weighted by atomic mass is 9.96. The highest BCUT2D eigenvalue weighted by molar-refractivity contribution is 6.31. The number of anilines is 1. The van der Waals surface area contributed by atoms with Crippen LogP contribution in [-0.4, -0.2) is 15.1 Å². The Morgan fingerprint density at radius 3 is 2.48 bits per heavy atom. The number of pyridine rings is 2. The summed E-state index contributed by atoms with van der Waals surface area (Å²) in [4.78, 5) is 8.62. The standard InChI is InChI=1S/C21H15Cl2N3O/c22-14-8-10-18(25-12-14)26-20(15-5-1-2-6-17(15)23)16-9-7-13-4-3-11-24-19(13)21(16)27/h1-12,20,27H,(H,25,26). The molecule has 2 N–H and O–H groups in total. The van der Waals surface area contributed by atoms with E-state index in [0.29, 0.717) is 26.9 Å². The highest BCUT2D eigenvalue weighted by atomic mass is 35.5. The maximum Gasteiger partial charge on any atom is 0.147 e. The summed E-state index contributed by atoms with van der Waals surface area (Å²) in [5.74, 6) is 0.726. The third-order valence-corrected chi connectivity index (χ3v) is 4.89. The maximum absolute atomic E-state index is 10.9. The van der Waals surface area contributed by atoms with E-state index in [1.165, 1.54) is 0 Å². The minimum absolute atomic E-state index is 0.111. The number of benzene rings is 2. The second-order valence-corrected chi connectivity index (χ2v) is 6.88. The zero-order valence-corrected chi connectivity index (χ0v) is 15.6. The van der Waals surface area contributed by atoms with E-state index in [-0.39, 0.29) is 5.75 Å². The van der Waals surface area contributed by atoms with E-state index in [4.69, 9.17) is 23.2 Å². The molecule has 0 amide bonds. The predicted molar refractivity (Wildman–Crippen MR) is 110 cm³/mol. The van der Waals surface area contributed by atoms with Crippen LogP contribution >= 0.6 is 23.2 Å². The van der Waals surface area contributed by atoms with Gasteiger partial charge >= 0.3 is 0 Å². The molecule has 1 atom stereocenters. The van der Waals surface area contributed by atoms with Crippen molar-refractivity contribution in [3.63, 3.8) is 0 Å². The van der Waals surface area contributed by atoms with Crippen molar-refractivity contribution in [1.82, 2.24) is 9.97 Å². The normalized spacial score (nSPS) is 12.1. The van der Waals surface area contributed by atoms with Gasteiger partial charge in [-0.2, -0.15) is 0 Å². The van der Waals surface area contributed by atoms with Crippen LogP contribution in [0.2, 0.25) is 10.0 Å². The Kier molecular flexibility index (Phi) is 4.84. The second-order valence-electron chi connectivity index (χ2n) is 6.04. The molecule has 2 aromatic carbocycles. The zero-order chi connectivity index (χ0) is 18.8. The number of nitrogens with zero attached hydrogens (tertiary/aromatic N) is 2. The number of hydrogen-bond acceptors (Lipinski definition) is 4. The summed E-state index contributed by atoms with van der Waals surface area (Å²) in [6.07, 6.45) is 3.22. The van der Waals surface area contributed by atoms with Crippen molar-refractivity contribution in [2.24, 2.45) is 0 Å². The Hall–Kier alpha value is -2.82. The summed E-state index contributed by atoms with van der Waals surface area (Å²) in [7, 11) is 0. The lowest BCUT2D eigenvalue weighted by molar-refractivity contribution is 0.471. The van der Waals surface area contributed by atoms with Gasteiger partial charge in [0.25, 0.3) is 0 Å². The molecule has 0 aliphatic rings. The smallest absolute Gasteiger partial charge is 0.147 e. The van der Waals surface area contributed by atoms with Gasteiger partial charge in [0.15, 0.2) is 0 Å². The lowest BCUT2D eigenvalue weighted by Crippen LogP contribution is -2.14. The monoisotopic (exact) mass is 395 g/mol. The summed E-state index contributed by atoms with van der Waals surface area (Å²) in [5, 5.41) is 16.2. The number of phenols is 1. The van der Waals surface area contributed by atoms with E-state index in [9.17, 15) is 5.11 Å². The molecule has 27 heavy (non-hydrogen) atoms. The molecule has 0 bridgehead atoms. The molecule has 0 aliphatic carbocycles. The van der Waals surface area contributed by atoms with Gasteiger partial charge in [-0.3, -0.25) is 4.98 Å². The van der Waals surface area contributed by atoms with E-state index in [2.05, 4.69) is 15.3 Å². The molecule has 6 heteroatoms. The molecular weight excluding hydrogens is 381 g/mol. The number of halogens is 2. The third kappa shape index (κ3) is 3.54. The van der Waals surface area contributed by atoms with Crippen LogP contribution in [0.15, 0.2) is 73.1 Å². The van der Waals surface area contributed by atoms with Crippen LogP contribution in [0.3, 0.4) is 0 Å². The quantitative estimate of drug-likeness (QED) is 0.455. The fourth-order valence-corrected chi connectivity index (χ4v) is 3.38. The van der Waals surface area contributed by atoms with E-state index in [0.717, 1.165) is 10.9 Å². The van der Waals surface area contributed by atoms with Crippen LogP contribution in [0, 0.1) is 0 Å². The minimum atomic E-state index is -0.418. The number of aromatic nitrogens is 2. The summed E-state index contributed by atoms with van der Waals surface area (Å²) >= 11 is 12.4. The van der Waals surface area contributed by atoms with E-state index >= 15 is 0 Å². The summed E-state index contributed by atoms with van der Waals surface area (Å²) < 4.78 is 0. The largest absolute Gasteiger partial charge is 0.505 e. The summed E-state index contributed by atoms with van der Waals surface area (Å²) in [6.45, 7) is 0. The minimum Gasteiger partial charge on any atom is -0.505 e. The van der Waals surface area contributed by atoms with Gasteiger partial charge in [-0.15, -0.1) is 0 Å². The number of rotatable bonds is 4. The van der Waals surface area contributed by atoms with Gasteiger partial charge < -0.3 is 10.4 Å². The van der Waals surface area contributed by atoms with Crippen LogP contribution in [-0.2, 0) is 0 Å². The first-order valence-electron chi connectivity index (χ1n) is 8.32. The SMILES string of the molecule is Oc1c(C(Nc2ccc(Cl)cn2)c2ccccc2Cl)ccc2cccnc12. The first-order chi connectivity index (χ1) is 13.1. The molecule has 0 aliphatic heterocycles. The molecule has 1 unspecified atom stereocenters. The molecule has 0 saturated heterocycles. The molecule has 2 aromatic heterocycles. The van der Waals surface area contributed by atoms with E-state index in [1.54, 1.807) is 24.5 Å². The van der Waals surface area contributed by atoms with E-state index in [1.807, 2.05) is 48.5 Å². The molecule has 2 heterocycles. The van der Waals surface area contributed by atoms with Crippen molar-refractivity contribution in [2.75, 3.05) is 5.32 Å². The molecule has 0 fully saturated rings. The Morgan fingerprint density at radius 1 is 0.852 bits per heavy atom. The van der Waals surface area contributed by atoms with Gasteiger partial charge in [0, 0.05) is 28.4 Å². The van der Waals surface area contributed by atoms with Gasteiger partial charge in [-0.05, 0) is 29.8 Å². The van der Waals surface area contributed by atoms with Gasteiger partial charge in [0.2, 0.25) is 0 Å². The lowest BCUT2D eigenvalue weighted by Gasteiger charge is -2.23. The van der Waals surface area contributed by atoms with Crippen LogP contribution in [0.5, 0.6) is 5.75 Å². The van der Waals surface area contributed by atoms with Crippen molar-refractivity contribution in [3.05, 3.63) is 94.2 Å². The average Bonchev–Trinajstić information content (AvgIpc) is 2.69. The van der Waals surface area contributed by atoms with Crippen molar-refractivity contribution in [1.29, 1.82) is 0 Å². The van der Waals surface area contributed by atoms with Crippen LogP contribution in [0.1, 0.15) is 17.2 Å². The molecular formula is C21H15Cl2N3O. The number of fused-ring (bicyclic) bond motifs is 1. The molecule has 4 rings (SSSR count). The van der Waals surface area contributed by atoms with Crippen molar-refractivity contribution >= 4 is 39.9 Å². The second kappa shape index (κ2) is 7.43. The van der Waals surface area contributed by atoms with E-state index < -0.39 is 6.04 Å². The highest BCUT2D eigenvalue weighted by Crippen LogP contribution is 2.38. The Bertz CT molecular complexity index is 1100. The van der Waals surface area contributed by atoms with Gasteiger partial charge in [-0.25, -0.2) is 4.98 Å². The zero-order valence-electron chi connectivity index (χ0n) is 14.1. The average molecular weight is 396 g/mol. The van der Waals surface area contributed by atoms with Gasteiger partial charge in [0.05, 0.1) is 11.1 Å². The molecule has 0 spiro atoms. The molecule has 134 valence electrons. The predicted octanol–water partition coefficient (Wildman–Crippen LogP) is 5.84. The van der Waals surface area contributed by atoms with Gasteiger partial charge in [0.1, 0.15) is 17.1 Å². The topological polar surface area (TPSA) is 58.0 Å². The molecule has 4 nitrogen and oxygen atoms in total. The van der Waals surface area contributed by atoms with Crippen molar-refractivity contribution < 1.29 is 5.11 Å². The Balaban J connectivity index is 1.86. The molecule has 0 radical (unpaired) electrons. The van der Waals surface area contributed by atoms with Crippen molar-refractivity contribution in [3.8, 4) is 5.75 Å². The number of phenolic OH excluding ortho intramolecular Hbond substituents is 1. The van der Waals surface area contributed by atoms with Crippen LogP contribution in [0.4, 0.5) is 5.82 Å². The summed E-state index contributed by atoms with van der Waals surface area (Å²) in [5.41, 5.74) is 2.02. The number of hydrogen-bond donors (Lipinski definition) is 2. The molecule has 0 saturated carbocycles. The number of aromatic hydroxyl groups is 1. The first kappa shape index (κ1) is 17.6. The summed E-state index contributed by atoms with van der Waals surface area (Å²) in [6, 6.07) is 18.2. The van der Waals surface area contributed by atoms with Crippen LogP contribution < -0.4 is 5.32 Å². The number of nitrogens with one attached hydrogen (secondary N) is 1. The maximum atomic E-state index is 10.9. The Labute approximate surface area is 166 Å². The first-order valence-corrected chi connectivity index (χ1v) is 9.08. The van der Waals surface area contributed by atoms with Gasteiger partial charge in [-0.1, -0.05) is 59.6 Å². The highest BCUT2D eigenvalue weighted by Gasteiger charge is 2.22. The third-order valence-electron chi connectivity index (χ3n) is 4.33. The van der Waals surface area contributed by atoms with Crippen LogP contribution in [0.25, 0.3) is 10.9 Å². The van der Waals surface area contributed by atoms with Crippen molar-refractivity contribution in [2.45, 2.75) is 6.04 Å². The Morgan fingerprint density at radius 2 is 1.70 bits per heavy atom. The molecule has 4 aromatic rings.